The van der Waals surface area contributed by atoms with Gasteiger partial charge in [0.1, 0.15) is 17.2 Å². The monoisotopic (exact) mass is 284 g/mol. The maximum atomic E-state index is 12.9. The third-order valence-electron chi connectivity index (χ3n) is 3.59. The Bertz CT molecular complexity index is 749. The molecule has 0 radical (unpaired) electrons. The van der Waals surface area contributed by atoms with Gasteiger partial charge >= 0.3 is 0 Å². The summed E-state index contributed by atoms with van der Waals surface area (Å²) in [6.07, 6.45) is 0.635. The average Bonchev–Trinajstić information content (AvgIpc) is 2.89. The Morgan fingerprint density at radius 3 is 2.62 bits per heavy atom. The molecule has 0 spiro atoms. The van der Waals surface area contributed by atoms with Gasteiger partial charge in [-0.05, 0) is 49.2 Å². The molecule has 3 N–H and O–H groups in total. The molecular weight excluding hydrogens is 267 g/mol. The minimum absolute atomic E-state index is 0.150. The summed E-state index contributed by atoms with van der Waals surface area (Å²) in [7, 11) is 0. The van der Waals surface area contributed by atoms with E-state index >= 15 is 0 Å². The zero-order valence-corrected chi connectivity index (χ0v) is 11.8. The van der Waals surface area contributed by atoms with Gasteiger partial charge in [0, 0.05) is 5.39 Å². The quantitative estimate of drug-likeness (QED) is 0.568. The van der Waals surface area contributed by atoms with Crippen LogP contribution in [0.15, 0.2) is 52.9 Å². The minimum Gasteiger partial charge on any atom is -0.459 e. The second-order valence-corrected chi connectivity index (χ2v) is 5.24. The summed E-state index contributed by atoms with van der Waals surface area (Å²) < 4.78 is 18.8. The molecule has 0 bridgehead atoms. The minimum atomic E-state index is -0.241. The molecule has 0 aliphatic rings. The molecular formula is C17H17FN2O. The van der Waals surface area contributed by atoms with Crippen molar-refractivity contribution in [1.29, 1.82) is 0 Å². The van der Waals surface area contributed by atoms with Gasteiger partial charge < -0.3 is 4.42 Å². The van der Waals surface area contributed by atoms with Crippen LogP contribution >= 0.6 is 0 Å². The highest BCUT2D eigenvalue weighted by Crippen LogP contribution is 2.26. The van der Waals surface area contributed by atoms with Crippen molar-refractivity contribution in [1.82, 2.24) is 5.43 Å². The Balaban J connectivity index is 1.88. The van der Waals surface area contributed by atoms with Crippen LogP contribution in [0.5, 0.6) is 0 Å². The van der Waals surface area contributed by atoms with Crippen molar-refractivity contribution in [2.45, 2.75) is 19.4 Å². The average molecular weight is 284 g/mol. The Morgan fingerprint density at radius 2 is 1.90 bits per heavy atom. The number of nitrogens with one attached hydrogen (secondary N) is 1. The Labute approximate surface area is 122 Å². The first-order valence-corrected chi connectivity index (χ1v) is 6.86. The largest absolute Gasteiger partial charge is 0.459 e. The molecule has 4 heteroatoms. The summed E-state index contributed by atoms with van der Waals surface area (Å²) in [5.74, 6) is 6.19. The molecule has 1 aromatic heterocycles. The topological polar surface area (TPSA) is 51.2 Å². The second-order valence-electron chi connectivity index (χ2n) is 5.24. The van der Waals surface area contributed by atoms with Crippen LogP contribution in [0.4, 0.5) is 4.39 Å². The molecule has 3 nitrogen and oxygen atoms in total. The van der Waals surface area contributed by atoms with Crippen LogP contribution in [0.3, 0.4) is 0 Å². The smallest absolute Gasteiger partial charge is 0.134 e. The van der Waals surface area contributed by atoms with Crippen LogP contribution in [-0.4, -0.2) is 0 Å². The number of aryl methyl sites for hydroxylation is 1. The van der Waals surface area contributed by atoms with Crippen molar-refractivity contribution in [3.05, 3.63) is 71.2 Å². The van der Waals surface area contributed by atoms with E-state index < -0.39 is 0 Å². The molecule has 0 amide bonds. The Kier molecular flexibility index (Phi) is 3.73. The van der Waals surface area contributed by atoms with E-state index in [0.717, 1.165) is 22.3 Å². The maximum Gasteiger partial charge on any atom is 0.134 e. The molecule has 0 aliphatic heterocycles. The standard InChI is InChI=1S/C17H17FN2O/c1-11-2-7-16-13(8-11)10-17(21-16)15(20-19)9-12-3-5-14(18)6-4-12/h2-8,10,15,20H,9,19H2,1H3. The molecule has 2 aromatic carbocycles. The third-order valence-corrected chi connectivity index (χ3v) is 3.59. The summed E-state index contributed by atoms with van der Waals surface area (Å²) in [4.78, 5) is 0. The van der Waals surface area contributed by atoms with E-state index in [1.54, 1.807) is 12.1 Å². The highest BCUT2D eigenvalue weighted by atomic mass is 19.1. The van der Waals surface area contributed by atoms with Crippen LogP contribution < -0.4 is 11.3 Å². The number of rotatable bonds is 4. The second kappa shape index (κ2) is 5.68. The van der Waals surface area contributed by atoms with Gasteiger partial charge in [0.25, 0.3) is 0 Å². The first-order chi connectivity index (χ1) is 10.2. The normalized spacial score (nSPS) is 12.7. The van der Waals surface area contributed by atoms with Gasteiger partial charge in [-0.3, -0.25) is 5.84 Å². The van der Waals surface area contributed by atoms with Crippen molar-refractivity contribution in [2.24, 2.45) is 5.84 Å². The fourth-order valence-corrected chi connectivity index (χ4v) is 2.45. The number of furan rings is 1. The first kappa shape index (κ1) is 13.8. The van der Waals surface area contributed by atoms with Crippen LogP contribution in [0.1, 0.15) is 22.9 Å². The first-order valence-electron chi connectivity index (χ1n) is 6.86. The van der Waals surface area contributed by atoms with E-state index in [0.29, 0.717) is 6.42 Å². The van der Waals surface area contributed by atoms with E-state index in [1.165, 1.54) is 17.7 Å². The van der Waals surface area contributed by atoms with Crippen molar-refractivity contribution < 1.29 is 8.81 Å². The van der Waals surface area contributed by atoms with Crippen molar-refractivity contribution >= 4 is 11.0 Å². The van der Waals surface area contributed by atoms with Crippen LogP contribution in [0.25, 0.3) is 11.0 Å². The lowest BCUT2D eigenvalue weighted by Gasteiger charge is -2.13. The third kappa shape index (κ3) is 2.96. The predicted octanol–water partition coefficient (Wildman–Crippen LogP) is 3.63. The van der Waals surface area contributed by atoms with Crippen molar-refractivity contribution in [3.8, 4) is 0 Å². The molecule has 1 unspecified atom stereocenters. The van der Waals surface area contributed by atoms with Gasteiger partial charge in [-0.2, -0.15) is 0 Å². The predicted molar refractivity (Wildman–Crippen MR) is 81.1 cm³/mol. The van der Waals surface area contributed by atoms with Crippen LogP contribution in [-0.2, 0) is 6.42 Å². The Morgan fingerprint density at radius 1 is 1.14 bits per heavy atom. The molecule has 21 heavy (non-hydrogen) atoms. The number of benzene rings is 2. The molecule has 108 valence electrons. The lowest BCUT2D eigenvalue weighted by molar-refractivity contribution is 0.434. The fraction of sp³-hybridized carbons (Fsp3) is 0.176. The zero-order chi connectivity index (χ0) is 14.8. The Hall–Kier alpha value is -2.17. The fourth-order valence-electron chi connectivity index (χ4n) is 2.45. The van der Waals surface area contributed by atoms with Gasteiger partial charge in [-0.25, -0.2) is 9.82 Å². The number of halogens is 1. The number of hydrogen-bond acceptors (Lipinski definition) is 3. The number of fused-ring (bicyclic) bond motifs is 1. The summed E-state index contributed by atoms with van der Waals surface area (Å²) in [5, 5.41) is 1.06. The van der Waals surface area contributed by atoms with E-state index in [-0.39, 0.29) is 11.9 Å². The highest BCUT2D eigenvalue weighted by molar-refractivity contribution is 5.78. The molecule has 0 aliphatic carbocycles. The van der Waals surface area contributed by atoms with Gasteiger partial charge in [0.2, 0.25) is 0 Å². The molecule has 3 rings (SSSR count). The van der Waals surface area contributed by atoms with Crippen LogP contribution in [0, 0.1) is 12.7 Å². The van der Waals surface area contributed by atoms with Crippen molar-refractivity contribution in [3.63, 3.8) is 0 Å². The SMILES string of the molecule is Cc1ccc2oc(C(Cc3ccc(F)cc3)NN)cc2c1. The van der Waals surface area contributed by atoms with E-state index in [9.17, 15) is 4.39 Å². The van der Waals surface area contributed by atoms with Gasteiger partial charge in [0.15, 0.2) is 0 Å². The lowest BCUT2D eigenvalue weighted by atomic mass is 10.0. The molecule has 0 saturated heterocycles. The number of nitrogens with two attached hydrogens (primary N) is 1. The summed E-state index contributed by atoms with van der Waals surface area (Å²) in [6.45, 7) is 2.04. The van der Waals surface area contributed by atoms with Crippen LogP contribution in [0.2, 0.25) is 0 Å². The molecule has 1 heterocycles. The number of hydrogen-bond donors (Lipinski definition) is 2. The molecule has 3 aromatic rings. The summed E-state index contributed by atoms with van der Waals surface area (Å²) in [5.41, 5.74) is 5.79. The molecule has 0 saturated carbocycles. The zero-order valence-electron chi connectivity index (χ0n) is 11.8. The maximum absolute atomic E-state index is 12.9. The van der Waals surface area contributed by atoms with Gasteiger partial charge in [-0.15, -0.1) is 0 Å². The van der Waals surface area contributed by atoms with Gasteiger partial charge in [0.05, 0.1) is 6.04 Å². The summed E-state index contributed by atoms with van der Waals surface area (Å²) >= 11 is 0. The number of hydrazine groups is 1. The van der Waals surface area contributed by atoms with E-state index in [4.69, 9.17) is 10.3 Å². The van der Waals surface area contributed by atoms with Crippen molar-refractivity contribution in [2.75, 3.05) is 0 Å². The molecule has 1 atom stereocenters. The van der Waals surface area contributed by atoms with E-state index in [2.05, 4.69) is 11.5 Å². The highest BCUT2D eigenvalue weighted by Gasteiger charge is 2.15. The summed E-state index contributed by atoms with van der Waals surface area (Å²) in [6, 6.07) is 14.3. The lowest BCUT2D eigenvalue weighted by Crippen LogP contribution is -2.29. The van der Waals surface area contributed by atoms with E-state index in [1.807, 2.05) is 25.1 Å². The van der Waals surface area contributed by atoms with Gasteiger partial charge in [-0.1, -0.05) is 23.8 Å². The molecule has 0 fully saturated rings.